The van der Waals surface area contributed by atoms with Gasteiger partial charge in [0.05, 0.1) is 11.2 Å². The van der Waals surface area contributed by atoms with Crippen LogP contribution in [-0.2, 0) is 17.9 Å². The van der Waals surface area contributed by atoms with E-state index in [1.807, 2.05) is 18.2 Å². The fourth-order valence-corrected chi connectivity index (χ4v) is 2.87. The highest BCUT2D eigenvalue weighted by Crippen LogP contribution is 2.25. The van der Waals surface area contributed by atoms with Gasteiger partial charge in [-0.2, -0.15) is 0 Å². The van der Waals surface area contributed by atoms with E-state index in [0.717, 1.165) is 24.0 Å². The molecule has 0 saturated heterocycles. The minimum Gasteiger partial charge on any atom is -0.483 e. The van der Waals surface area contributed by atoms with Crippen LogP contribution in [-0.4, -0.2) is 22.5 Å². The van der Waals surface area contributed by atoms with Crippen LogP contribution in [0.15, 0.2) is 42.6 Å². The van der Waals surface area contributed by atoms with Crippen molar-refractivity contribution in [2.45, 2.75) is 13.1 Å². The molecule has 4 N–H and O–H groups in total. The van der Waals surface area contributed by atoms with E-state index in [0.29, 0.717) is 16.8 Å². The number of benzene rings is 2. The van der Waals surface area contributed by atoms with Gasteiger partial charge in [0, 0.05) is 30.2 Å². The lowest BCUT2D eigenvalue weighted by Gasteiger charge is -2.08. The Morgan fingerprint density at radius 1 is 1.16 bits per heavy atom. The van der Waals surface area contributed by atoms with Crippen LogP contribution >= 0.6 is 0 Å². The number of rotatable bonds is 2. The van der Waals surface area contributed by atoms with E-state index in [4.69, 9.17) is 9.90 Å². The molecule has 7 heteroatoms. The number of aromatic nitrogens is 1. The van der Waals surface area contributed by atoms with Crippen LogP contribution < -0.4 is 10.6 Å². The summed E-state index contributed by atoms with van der Waals surface area (Å²) in [6.45, 7) is 1.36. The third-order valence-electron chi connectivity index (χ3n) is 3.98. The van der Waals surface area contributed by atoms with E-state index in [1.54, 1.807) is 12.3 Å². The molecule has 4 rings (SSSR count). The Bertz CT molecular complexity index is 936. The molecule has 2 aromatic carbocycles. The number of amides is 1. The van der Waals surface area contributed by atoms with Gasteiger partial charge in [0.25, 0.3) is 12.4 Å². The largest absolute Gasteiger partial charge is 0.483 e. The molecule has 0 aliphatic carbocycles. The van der Waals surface area contributed by atoms with Gasteiger partial charge in [0.1, 0.15) is 5.82 Å². The van der Waals surface area contributed by atoms with E-state index in [-0.39, 0.29) is 18.2 Å². The lowest BCUT2D eigenvalue weighted by atomic mass is 10.1. The molecule has 1 aliphatic rings. The van der Waals surface area contributed by atoms with Gasteiger partial charge in [-0.25, -0.2) is 4.39 Å². The summed E-state index contributed by atoms with van der Waals surface area (Å²) in [4.78, 5) is 23.7. The molecule has 128 valence electrons. The van der Waals surface area contributed by atoms with Gasteiger partial charge in [0.15, 0.2) is 0 Å². The van der Waals surface area contributed by atoms with Crippen molar-refractivity contribution in [2.75, 3.05) is 5.32 Å². The van der Waals surface area contributed by atoms with Crippen molar-refractivity contribution in [1.29, 1.82) is 0 Å². The van der Waals surface area contributed by atoms with Crippen molar-refractivity contribution in [1.82, 2.24) is 10.3 Å². The molecule has 0 unspecified atom stereocenters. The van der Waals surface area contributed by atoms with Gasteiger partial charge in [0.2, 0.25) is 0 Å². The molecule has 0 atom stereocenters. The summed E-state index contributed by atoms with van der Waals surface area (Å²) in [6, 6.07) is 10.2. The van der Waals surface area contributed by atoms with Gasteiger partial charge in [-0.05, 0) is 41.5 Å². The van der Waals surface area contributed by atoms with Crippen molar-refractivity contribution >= 4 is 29.0 Å². The Morgan fingerprint density at radius 2 is 1.92 bits per heavy atom. The lowest BCUT2D eigenvalue weighted by molar-refractivity contribution is -0.122. The van der Waals surface area contributed by atoms with Crippen LogP contribution in [0.4, 0.5) is 10.1 Å². The molecule has 1 amide bonds. The molecular formula is C18H16FN3O3. The van der Waals surface area contributed by atoms with Crippen LogP contribution in [0.5, 0.6) is 0 Å². The molecule has 3 aromatic rings. The van der Waals surface area contributed by atoms with Gasteiger partial charge in [-0.3, -0.25) is 9.59 Å². The summed E-state index contributed by atoms with van der Waals surface area (Å²) < 4.78 is 13.6. The smallest absolute Gasteiger partial charge is 0.290 e. The zero-order chi connectivity index (χ0) is 17.8. The number of fused-ring (bicyclic) bond motifs is 2. The molecule has 1 aromatic heterocycles. The first-order chi connectivity index (χ1) is 12.1. The average molecular weight is 341 g/mol. The second-order valence-corrected chi connectivity index (χ2v) is 5.54. The molecule has 0 saturated carbocycles. The van der Waals surface area contributed by atoms with Crippen LogP contribution in [0.2, 0.25) is 0 Å². The van der Waals surface area contributed by atoms with Crippen LogP contribution in [0, 0.1) is 5.82 Å². The van der Waals surface area contributed by atoms with Gasteiger partial charge in [-0.1, -0.05) is 6.07 Å². The van der Waals surface area contributed by atoms with Gasteiger partial charge in [-0.15, -0.1) is 0 Å². The van der Waals surface area contributed by atoms with Crippen molar-refractivity contribution in [3.63, 3.8) is 0 Å². The number of halogens is 1. The number of anilines is 1. The number of carbonyl (C=O) groups excluding carboxylic acids is 1. The zero-order valence-electron chi connectivity index (χ0n) is 13.2. The van der Waals surface area contributed by atoms with Crippen molar-refractivity contribution in [2.24, 2.45) is 0 Å². The first kappa shape index (κ1) is 16.7. The topological polar surface area (TPSA) is 94.2 Å². The average Bonchev–Trinajstić information content (AvgIpc) is 3.23. The maximum absolute atomic E-state index is 13.6. The normalized spacial score (nSPS) is 12.2. The zero-order valence-corrected chi connectivity index (χ0v) is 13.2. The maximum atomic E-state index is 13.6. The third kappa shape index (κ3) is 3.51. The summed E-state index contributed by atoms with van der Waals surface area (Å²) in [5.41, 5.74) is 4.07. The van der Waals surface area contributed by atoms with E-state index >= 15 is 0 Å². The first-order valence-electron chi connectivity index (χ1n) is 7.60. The Kier molecular flexibility index (Phi) is 4.76. The highest BCUT2D eigenvalue weighted by Gasteiger charge is 2.15. The fraction of sp³-hybridized carbons (Fsp3) is 0.111. The standard InChI is InChI=1S/C17H14FN3O.CH2O2/c18-13-6-15-14(3-4-20-15)16(7-13)21-17(22)10-1-2-11-8-19-9-12(11)5-10;2-1-3/h1-7,19-20H,8-9H2,(H,21,22);1H,(H,2,3). The molecule has 2 heterocycles. The predicted octanol–water partition coefficient (Wildman–Crippen LogP) is 2.86. The molecule has 0 bridgehead atoms. The minimum absolute atomic E-state index is 0.234. The highest BCUT2D eigenvalue weighted by atomic mass is 19.1. The van der Waals surface area contributed by atoms with Crippen LogP contribution in [0.3, 0.4) is 0 Å². The van der Waals surface area contributed by atoms with Gasteiger partial charge < -0.3 is 20.7 Å². The van der Waals surface area contributed by atoms with Crippen LogP contribution in [0.25, 0.3) is 10.9 Å². The fourth-order valence-electron chi connectivity index (χ4n) is 2.87. The Hall–Kier alpha value is -3.19. The molecular weight excluding hydrogens is 325 g/mol. The van der Waals surface area contributed by atoms with Crippen molar-refractivity contribution in [3.8, 4) is 0 Å². The molecule has 0 spiro atoms. The minimum atomic E-state index is -0.386. The number of aromatic amines is 1. The SMILES string of the molecule is O=C(Nc1cc(F)cc2[nH]ccc12)c1ccc2c(c1)CNC2.O=CO. The highest BCUT2D eigenvalue weighted by molar-refractivity contribution is 6.08. The molecule has 0 fully saturated rings. The summed E-state index contributed by atoms with van der Waals surface area (Å²) >= 11 is 0. The number of hydrogen-bond donors (Lipinski definition) is 4. The van der Waals surface area contributed by atoms with E-state index in [9.17, 15) is 9.18 Å². The van der Waals surface area contributed by atoms with Crippen molar-refractivity contribution < 1.29 is 19.1 Å². The van der Waals surface area contributed by atoms with E-state index in [1.165, 1.54) is 17.7 Å². The van der Waals surface area contributed by atoms with E-state index in [2.05, 4.69) is 15.6 Å². The quantitative estimate of drug-likeness (QED) is 0.539. The molecule has 0 radical (unpaired) electrons. The second kappa shape index (κ2) is 7.14. The van der Waals surface area contributed by atoms with Crippen LogP contribution in [0.1, 0.15) is 21.5 Å². The number of hydrogen-bond acceptors (Lipinski definition) is 3. The Balaban J connectivity index is 0.000000569. The molecule has 1 aliphatic heterocycles. The van der Waals surface area contributed by atoms with Gasteiger partial charge >= 0.3 is 0 Å². The summed E-state index contributed by atoms with van der Waals surface area (Å²) in [6.07, 6.45) is 1.72. The number of nitrogens with one attached hydrogen (secondary N) is 3. The predicted molar refractivity (Wildman–Crippen MR) is 91.9 cm³/mol. The summed E-state index contributed by atoms with van der Waals surface area (Å²) in [5, 5.41) is 13.7. The monoisotopic (exact) mass is 341 g/mol. The summed E-state index contributed by atoms with van der Waals surface area (Å²) in [5.74, 6) is -0.619. The number of carboxylic acid groups (broad SMARTS) is 1. The van der Waals surface area contributed by atoms with Crippen molar-refractivity contribution in [3.05, 3.63) is 65.1 Å². The summed E-state index contributed by atoms with van der Waals surface area (Å²) in [7, 11) is 0. The van der Waals surface area contributed by atoms with E-state index < -0.39 is 0 Å². The lowest BCUT2D eigenvalue weighted by Crippen LogP contribution is -2.12. The Morgan fingerprint density at radius 3 is 2.72 bits per heavy atom. The second-order valence-electron chi connectivity index (χ2n) is 5.54. The number of carbonyl (C=O) groups is 2. The molecule has 25 heavy (non-hydrogen) atoms. The first-order valence-corrected chi connectivity index (χ1v) is 7.60. The Labute approximate surface area is 142 Å². The molecule has 6 nitrogen and oxygen atoms in total. The third-order valence-corrected chi connectivity index (χ3v) is 3.98. The number of H-pyrrole nitrogens is 1. The maximum Gasteiger partial charge on any atom is 0.290 e.